The molecule has 2 heterocycles. The smallest absolute Gasteiger partial charge is 0.345 e. The summed E-state index contributed by atoms with van der Waals surface area (Å²) in [5.41, 5.74) is 6.25. The topological polar surface area (TPSA) is 88.2 Å². The van der Waals surface area contributed by atoms with Crippen molar-refractivity contribution in [1.82, 2.24) is 9.80 Å². The summed E-state index contributed by atoms with van der Waals surface area (Å²) in [5.74, 6) is 2.56. The number of urea groups is 1. The van der Waals surface area contributed by atoms with E-state index in [1.54, 1.807) is 17.0 Å². The molecule has 0 spiro atoms. The van der Waals surface area contributed by atoms with Crippen molar-refractivity contribution in [2.45, 2.75) is 52.4 Å². The Morgan fingerprint density at radius 2 is 1.91 bits per heavy atom. The van der Waals surface area contributed by atoms with E-state index in [1.165, 1.54) is 12.5 Å². The minimum atomic E-state index is -0.378. The van der Waals surface area contributed by atoms with E-state index in [0.29, 0.717) is 41.5 Å². The summed E-state index contributed by atoms with van der Waals surface area (Å²) in [6, 6.07) is 4.60. The number of hydrogen-bond acceptors (Lipinski definition) is 3. The third kappa shape index (κ3) is 6.07. The lowest BCUT2D eigenvalue weighted by Gasteiger charge is -2.31. The predicted octanol–water partition coefficient (Wildman–Crippen LogP) is 3.85. The highest BCUT2D eigenvalue weighted by molar-refractivity contribution is 5.93. The van der Waals surface area contributed by atoms with Crippen LogP contribution in [0.5, 0.6) is 5.75 Å². The number of amidine groups is 1. The van der Waals surface area contributed by atoms with Crippen molar-refractivity contribution in [2.24, 2.45) is 34.4 Å². The first-order valence-electron chi connectivity index (χ1n) is 12.6. The maximum atomic E-state index is 14.4. The Labute approximate surface area is 201 Å². The van der Waals surface area contributed by atoms with Crippen LogP contribution >= 0.6 is 0 Å². The summed E-state index contributed by atoms with van der Waals surface area (Å²) in [4.78, 5) is 31.9. The number of aliphatic imine (C=N–C) groups is 1. The van der Waals surface area contributed by atoms with Gasteiger partial charge in [-0.3, -0.25) is 4.79 Å². The van der Waals surface area contributed by atoms with Gasteiger partial charge in [0.15, 0.2) is 0 Å². The summed E-state index contributed by atoms with van der Waals surface area (Å²) in [6.45, 7) is 7.46. The zero-order valence-electron chi connectivity index (χ0n) is 20.3. The van der Waals surface area contributed by atoms with Crippen LogP contribution in [0.3, 0.4) is 0 Å². The lowest BCUT2D eigenvalue weighted by atomic mass is 9.90. The van der Waals surface area contributed by atoms with Gasteiger partial charge in [-0.2, -0.15) is 4.99 Å². The molecule has 0 bridgehead atoms. The molecule has 1 aromatic carbocycles. The van der Waals surface area contributed by atoms with Crippen molar-refractivity contribution >= 4 is 17.8 Å². The molecule has 1 saturated carbocycles. The number of amides is 3. The van der Waals surface area contributed by atoms with Gasteiger partial charge in [-0.25, -0.2) is 9.18 Å². The number of carbonyl (C=O) groups is 2. The van der Waals surface area contributed by atoms with Crippen molar-refractivity contribution in [3.05, 3.63) is 29.6 Å². The second kappa shape index (κ2) is 10.7. The number of piperidine rings is 1. The van der Waals surface area contributed by atoms with Crippen molar-refractivity contribution in [3.8, 4) is 5.75 Å². The second-order valence-corrected chi connectivity index (χ2v) is 10.3. The molecule has 0 aromatic heterocycles. The van der Waals surface area contributed by atoms with E-state index in [9.17, 15) is 14.0 Å². The van der Waals surface area contributed by atoms with E-state index < -0.39 is 0 Å². The normalized spacial score (nSPS) is 23.1. The number of nitrogens with two attached hydrogens (primary N) is 1. The molecule has 2 saturated heterocycles. The molecule has 3 amide bonds. The Morgan fingerprint density at radius 1 is 1.18 bits per heavy atom. The van der Waals surface area contributed by atoms with Gasteiger partial charge >= 0.3 is 6.03 Å². The molecule has 0 unspecified atom stereocenters. The van der Waals surface area contributed by atoms with Crippen LogP contribution in [0.15, 0.2) is 23.2 Å². The number of rotatable bonds is 8. The van der Waals surface area contributed by atoms with E-state index >= 15 is 0 Å². The molecule has 3 fully saturated rings. The molecule has 34 heavy (non-hydrogen) atoms. The van der Waals surface area contributed by atoms with Crippen LogP contribution in [-0.2, 0) is 11.2 Å². The fourth-order valence-corrected chi connectivity index (χ4v) is 4.94. The average Bonchev–Trinajstić information content (AvgIpc) is 3.54. The number of hydrogen-bond donors (Lipinski definition) is 1. The van der Waals surface area contributed by atoms with Crippen molar-refractivity contribution in [1.29, 1.82) is 0 Å². The number of carbonyl (C=O) groups excluding carboxylic acids is 2. The zero-order chi connectivity index (χ0) is 24.2. The first kappa shape index (κ1) is 24.5. The Morgan fingerprint density at radius 3 is 2.53 bits per heavy atom. The molecule has 1 aliphatic carbocycles. The van der Waals surface area contributed by atoms with Gasteiger partial charge in [0.2, 0.25) is 5.91 Å². The van der Waals surface area contributed by atoms with Crippen molar-refractivity contribution in [2.75, 3.05) is 32.8 Å². The fraction of sp³-hybridized carbons (Fsp3) is 0.654. The van der Waals surface area contributed by atoms with Crippen LogP contribution in [0.2, 0.25) is 0 Å². The second-order valence-electron chi connectivity index (χ2n) is 10.3. The highest BCUT2D eigenvalue weighted by atomic mass is 19.1. The Kier molecular flexibility index (Phi) is 7.73. The minimum absolute atomic E-state index is 0.0128. The number of halogens is 1. The largest absolute Gasteiger partial charge is 0.493 e. The van der Waals surface area contributed by atoms with Crippen LogP contribution in [0.4, 0.5) is 9.18 Å². The lowest BCUT2D eigenvalue weighted by molar-refractivity contribution is -0.133. The number of nitrogens with zero attached hydrogens (tertiary/aromatic N) is 3. The monoisotopic (exact) mass is 472 g/mol. The highest BCUT2D eigenvalue weighted by Crippen LogP contribution is 2.49. The summed E-state index contributed by atoms with van der Waals surface area (Å²) in [7, 11) is 0. The van der Waals surface area contributed by atoms with Crippen LogP contribution in [0.25, 0.3) is 0 Å². The quantitative estimate of drug-likeness (QED) is 0.460. The number of ether oxygens (including phenoxy) is 1. The molecule has 8 heteroatoms. The van der Waals surface area contributed by atoms with Gasteiger partial charge in [0.1, 0.15) is 17.4 Å². The SMILES string of the molecule is CC(C)/C(N)=N/C(=O)N1CCC([C@H]2C[C@H]2CCOc2ccc(CC(=O)N3CCC3)c(F)c2)CC1. The number of benzene rings is 1. The van der Waals surface area contributed by atoms with Gasteiger partial charge in [0.25, 0.3) is 0 Å². The van der Waals surface area contributed by atoms with Gasteiger partial charge in [-0.15, -0.1) is 0 Å². The Hall–Kier alpha value is -2.64. The third-order valence-electron chi connectivity index (χ3n) is 7.54. The summed E-state index contributed by atoms with van der Waals surface area (Å²) in [6.07, 6.45) is 5.31. The summed E-state index contributed by atoms with van der Waals surface area (Å²) in [5, 5.41) is 0. The molecule has 1 aromatic rings. The Balaban J connectivity index is 1.15. The van der Waals surface area contributed by atoms with Gasteiger partial charge in [0.05, 0.1) is 13.0 Å². The van der Waals surface area contributed by atoms with Crippen LogP contribution in [0, 0.1) is 29.5 Å². The summed E-state index contributed by atoms with van der Waals surface area (Å²) < 4.78 is 20.2. The molecule has 7 nitrogen and oxygen atoms in total. The molecule has 3 aliphatic rings. The van der Waals surface area contributed by atoms with Gasteiger partial charge in [0, 0.05) is 38.2 Å². The van der Waals surface area contributed by atoms with Crippen LogP contribution in [0.1, 0.15) is 51.5 Å². The molecular weight excluding hydrogens is 435 g/mol. The fourth-order valence-electron chi connectivity index (χ4n) is 4.94. The first-order valence-corrected chi connectivity index (χ1v) is 12.6. The maximum absolute atomic E-state index is 14.4. The van der Waals surface area contributed by atoms with E-state index in [-0.39, 0.29) is 30.1 Å². The molecular formula is C26H37FN4O3. The van der Waals surface area contributed by atoms with E-state index in [2.05, 4.69) is 4.99 Å². The highest BCUT2D eigenvalue weighted by Gasteiger charge is 2.43. The van der Waals surface area contributed by atoms with Crippen molar-refractivity contribution in [3.63, 3.8) is 0 Å². The van der Waals surface area contributed by atoms with E-state index in [1.807, 2.05) is 18.7 Å². The average molecular weight is 473 g/mol. The number of likely N-dealkylation sites (tertiary alicyclic amines) is 2. The van der Waals surface area contributed by atoms with E-state index in [4.69, 9.17) is 10.5 Å². The van der Waals surface area contributed by atoms with Crippen LogP contribution in [-0.4, -0.2) is 60.4 Å². The molecule has 4 rings (SSSR count). The van der Waals surface area contributed by atoms with Gasteiger partial charge in [-0.1, -0.05) is 19.9 Å². The first-order chi connectivity index (χ1) is 16.3. The molecule has 0 radical (unpaired) electrons. The molecule has 186 valence electrons. The third-order valence-corrected chi connectivity index (χ3v) is 7.54. The maximum Gasteiger partial charge on any atom is 0.345 e. The Bertz CT molecular complexity index is 923. The van der Waals surface area contributed by atoms with Gasteiger partial charge in [-0.05, 0) is 61.5 Å². The lowest BCUT2D eigenvalue weighted by Crippen LogP contribution is -2.42. The zero-order valence-corrected chi connectivity index (χ0v) is 20.3. The minimum Gasteiger partial charge on any atom is -0.493 e. The van der Waals surface area contributed by atoms with Crippen LogP contribution < -0.4 is 10.5 Å². The molecule has 2 atom stereocenters. The molecule has 2 aliphatic heterocycles. The molecule has 2 N–H and O–H groups in total. The summed E-state index contributed by atoms with van der Waals surface area (Å²) >= 11 is 0. The van der Waals surface area contributed by atoms with E-state index in [0.717, 1.165) is 51.9 Å². The standard InChI is InChI=1S/C26H37FN4O3/c1-17(2)25(28)29-26(33)31-11-6-18(7-12-31)22-14-19(22)8-13-34-21-5-4-20(23(27)16-21)15-24(32)30-9-3-10-30/h4-5,16-19,22H,3,6-15H2,1-2H3,(H2,28,29,33)/t19-,22-/m1/s1. The van der Waals surface area contributed by atoms with Crippen molar-refractivity contribution < 1.29 is 18.7 Å². The predicted molar refractivity (Wildman–Crippen MR) is 129 cm³/mol. The van der Waals surface area contributed by atoms with Gasteiger partial charge < -0.3 is 20.3 Å².